The molecule has 0 atom stereocenters. The summed E-state index contributed by atoms with van der Waals surface area (Å²) in [4.78, 5) is 0. The van der Waals surface area contributed by atoms with Gasteiger partial charge >= 0.3 is 7.12 Å². The average Bonchev–Trinajstić information content (AvgIpc) is 3.04. The van der Waals surface area contributed by atoms with Gasteiger partial charge in [-0.15, -0.1) is 0 Å². The number of benzene rings is 2. The Morgan fingerprint density at radius 1 is 1.04 bits per heavy atom. The summed E-state index contributed by atoms with van der Waals surface area (Å²) in [6.07, 6.45) is 0. The summed E-state index contributed by atoms with van der Waals surface area (Å²) >= 11 is 6.23. The molecule has 118 valence electrons. The Balaban J connectivity index is 2.07. The molecular weight excluding hydrogens is 310 g/mol. The minimum atomic E-state index is -0.758. The molecule has 0 spiro atoms. The standard InChI is InChI=1S/C18H18BClO3/c1-17(2)18(3,4)23-19(22-17)12-8-6-10-14-15(12)11-7-5-9-13(20)16(11)21-14/h5-10H,1-4H3/i5D,6D,9D,10D. The summed E-state index contributed by atoms with van der Waals surface area (Å²) in [6.45, 7) is 7.74. The van der Waals surface area contributed by atoms with Gasteiger partial charge in [-0.2, -0.15) is 0 Å². The van der Waals surface area contributed by atoms with Crippen LogP contribution in [0.1, 0.15) is 33.2 Å². The van der Waals surface area contributed by atoms with Crippen LogP contribution in [-0.4, -0.2) is 18.3 Å². The summed E-state index contributed by atoms with van der Waals surface area (Å²) < 4.78 is 50.3. The van der Waals surface area contributed by atoms with E-state index >= 15 is 0 Å². The van der Waals surface area contributed by atoms with Crippen LogP contribution in [0, 0.1) is 0 Å². The van der Waals surface area contributed by atoms with Crippen LogP contribution >= 0.6 is 11.6 Å². The van der Waals surface area contributed by atoms with Crippen LogP contribution in [0.4, 0.5) is 0 Å². The van der Waals surface area contributed by atoms with Crippen molar-refractivity contribution in [3.05, 3.63) is 41.3 Å². The second-order valence-corrected chi connectivity index (χ2v) is 7.11. The molecule has 2 aromatic carbocycles. The smallest absolute Gasteiger partial charge is 0.455 e. The Bertz CT molecular complexity index is 1090. The lowest BCUT2D eigenvalue weighted by atomic mass is 9.76. The zero-order chi connectivity index (χ0) is 19.9. The highest BCUT2D eigenvalue weighted by atomic mass is 35.5. The van der Waals surface area contributed by atoms with Crippen molar-refractivity contribution < 1.29 is 19.2 Å². The summed E-state index contributed by atoms with van der Waals surface area (Å²) in [5, 5.41) is 1.05. The molecule has 3 nitrogen and oxygen atoms in total. The van der Waals surface area contributed by atoms with Gasteiger partial charge in [0.1, 0.15) is 5.58 Å². The van der Waals surface area contributed by atoms with Gasteiger partial charge in [0.25, 0.3) is 0 Å². The normalized spacial score (nSPS) is 22.2. The van der Waals surface area contributed by atoms with Crippen molar-refractivity contribution in [2.75, 3.05) is 0 Å². The molecule has 0 saturated carbocycles. The molecule has 1 saturated heterocycles. The number of para-hydroxylation sites is 1. The van der Waals surface area contributed by atoms with Crippen LogP contribution in [0.25, 0.3) is 21.9 Å². The maximum Gasteiger partial charge on any atom is 0.495 e. The van der Waals surface area contributed by atoms with E-state index in [2.05, 4.69) is 0 Å². The van der Waals surface area contributed by atoms with Crippen molar-refractivity contribution in [3.63, 3.8) is 0 Å². The van der Waals surface area contributed by atoms with Crippen molar-refractivity contribution in [1.82, 2.24) is 0 Å². The lowest BCUT2D eigenvalue weighted by molar-refractivity contribution is 0.00578. The predicted molar refractivity (Wildman–Crippen MR) is 94.4 cm³/mol. The minimum absolute atomic E-state index is 0.0134. The van der Waals surface area contributed by atoms with Crippen LogP contribution in [0.5, 0.6) is 0 Å². The van der Waals surface area contributed by atoms with E-state index in [-0.39, 0.29) is 40.4 Å². The Morgan fingerprint density at radius 3 is 2.39 bits per heavy atom. The number of furan rings is 1. The molecule has 0 N–H and O–H groups in total. The maximum atomic E-state index is 8.22. The van der Waals surface area contributed by atoms with E-state index in [1.54, 1.807) is 0 Å². The Kier molecular flexibility index (Phi) is 2.30. The van der Waals surface area contributed by atoms with Gasteiger partial charge in [0.05, 0.1) is 21.7 Å². The van der Waals surface area contributed by atoms with Gasteiger partial charge in [0.2, 0.25) is 0 Å². The highest BCUT2D eigenvalue weighted by Gasteiger charge is 2.52. The van der Waals surface area contributed by atoms with E-state index < -0.39 is 18.3 Å². The Hall–Kier alpha value is -1.49. The van der Waals surface area contributed by atoms with Crippen LogP contribution in [0.3, 0.4) is 0 Å². The predicted octanol–water partition coefficient (Wildman–Crippen LogP) is 4.54. The number of hydrogen-bond acceptors (Lipinski definition) is 3. The molecule has 1 aliphatic rings. The average molecular weight is 333 g/mol. The van der Waals surface area contributed by atoms with Gasteiger partial charge in [-0.25, -0.2) is 0 Å². The van der Waals surface area contributed by atoms with Gasteiger partial charge in [-0.1, -0.05) is 35.8 Å². The highest BCUT2D eigenvalue weighted by molar-refractivity contribution is 6.66. The summed E-state index contributed by atoms with van der Waals surface area (Å²) in [6, 6.07) is 2.73. The fourth-order valence-corrected chi connectivity index (χ4v) is 2.95. The molecule has 0 amide bonds. The summed E-state index contributed by atoms with van der Waals surface area (Å²) in [7, 11) is -0.758. The molecule has 23 heavy (non-hydrogen) atoms. The van der Waals surface area contributed by atoms with Crippen molar-refractivity contribution in [1.29, 1.82) is 0 Å². The molecule has 0 aliphatic carbocycles. The molecule has 2 heterocycles. The third kappa shape index (κ3) is 2.13. The second kappa shape index (κ2) is 4.76. The molecule has 0 unspecified atom stereocenters. The van der Waals surface area contributed by atoms with E-state index in [0.717, 1.165) is 0 Å². The van der Waals surface area contributed by atoms with E-state index in [9.17, 15) is 0 Å². The zero-order valence-electron chi connectivity index (χ0n) is 17.3. The summed E-state index contributed by atoms with van der Waals surface area (Å²) in [5.74, 6) is 0. The van der Waals surface area contributed by atoms with Crippen molar-refractivity contribution >= 4 is 46.1 Å². The monoisotopic (exact) mass is 332 g/mol. The maximum absolute atomic E-state index is 8.22. The first-order chi connectivity index (χ1) is 12.4. The molecular formula is C18H18BClO3. The topological polar surface area (TPSA) is 31.6 Å². The molecule has 1 aliphatic heterocycles. The fourth-order valence-electron chi connectivity index (χ4n) is 2.76. The van der Waals surface area contributed by atoms with Crippen LogP contribution in [-0.2, 0) is 9.31 Å². The first kappa shape index (κ1) is 11.1. The number of fused-ring (bicyclic) bond motifs is 3. The largest absolute Gasteiger partial charge is 0.495 e. The van der Waals surface area contributed by atoms with Crippen LogP contribution < -0.4 is 5.46 Å². The number of halogens is 1. The van der Waals surface area contributed by atoms with Gasteiger partial charge in [-0.3, -0.25) is 0 Å². The van der Waals surface area contributed by atoms with E-state index in [0.29, 0.717) is 16.2 Å². The second-order valence-electron chi connectivity index (χ2n) is 6.73. The molecule has 4 rings (SSSR count). The Morgan fingerprint density at radius 2 is 1.70 bits per heavy atom. The van der Waals surface area contributed by atoms with Crippen LogP contribution in [0.15, 0.2) is 40.7 Å². The van der Waals surface area contributed by atoms with Gasteiger partial charge < -0.3 is 13.7 Å². The van der Waals surface area contributed by atoms with E-state index in [1.165, 1.54) is 12.1 Å². The van der Waals surface area contributed by atoms with Crippen molar-refractivity contribution in [2.45, 2.75) is 38.9 Å². The molecule has 0 bridgehead atoms. The molecule has 5 heteroatoms. The zero-order valence-corrected chi connectivity index (χ0v) is 14.1. The number of rotatable bonds is 1. The Labute approximate surface area is 146 Å². The summed E-state index contributed by atoms with van der Waals surface area (Å²) in [5.41, 5.74) is -0.189. The van der Waals surface area contributed by atoms with Crippen LogP contribution in [0.2, 0.25) is 5.02 Å². The van der Waals surface area contributed by atoms with E-state index in [4.69, 9.17) is 30.8 Å². The third-order valence-corrected chi connectivity index (χ3v) is 5.02. The molecule has 1 aromatic heterocycles. The highest BCUT2D eigenvalue weighted by Crippen LogP contribution is 2.38. The molecule has 0 radical (unpaired) electrons. The lowest BCUT2D eigenvalue weighted by Gasteiger charge is -2.32. The lowest BCUT2D eigenvalue weighted by Crippen LogP contribution is -2.41. The minimum Gasteiger partial charge on any atom is -0.455 e. The first-order valence-corrected chi connectivity index (χ1v) is 7.80. The fraction of sp³-hybridized carbons (Fsp3) is 0.333. The quantitative estimate of drug-likeness (QED) is 0.613. The van der Waals surface area contributed by atoms with E-state index in [1.807, 2.05) is 27.7 Å². The van der Waals surface area contributed by atoms with Gasteiger partial charge in [0, 0.05) is 10.8 Å². The van der Waals surface area contributed by atoms with Gasteiger partial charge in [-0.05, 0) is 45.2 Å². The molecule has 1 fully saturated rings. The van der Waals surface area contributed by atoms with Gasteiger partial charge in [0.15, 0.2) is 5.58 Å². The van der Waals surface area contributed by atoms with Crippen molar-refractivity contribution in [3.8, 4) is 0 Å². The third-order valence-electron chi connectivity index (χ3n) is 4.75. The van der Waals surface area contributed by atoms with Crippen molar-refractivity contribution in [2.24, 2.45) is 0 Å². The number of hydrogen-bond donors (Lipinski definition) is 0. The first-order valence-electron chi connectivity index (χ1n) is 9.42. The molecule has 3 aromatic rings. The SMILES string of the molecule is [2H]c1cc2c(oc3c([2H])c([2H])cc(B4OC(C)(C)C(C)(C)O4)c32)c(Cl)c1[2H].